The zero-order chi connectivity index (χ0) is 19.2. The van der Waals surface area contributed by atoms with Crippen molar-refractivity contribution < 1.29 is 19.4 Å². The molecule has 9 heteroatoms. The van der Waals surface area contributed by atoms with E-state index in [1.54, 1.807) is 12.1 Å². The summed E-state index contributed by atoms with van der Waals surface area (Å²) in [5.74, 6) is -0.0171. The smallest absolute Gasteiger partial charge is 0.311 e. The zero-order valence-corrected chi connectivity index (χ0v) is 15.0. The summed E-state index contributed by atoms with van der Waals surface area (Å²) in [6.07, 6.45) is 2.18. The highest BCUT2D eigenvalue weighted by molar-refractivity contribution is 5.77. The van der Waals surface area contributed by atoms with Crippen LogP contribution in [0.1, 0.15) is 44.4 Å². The predicted octanol–water partition coefficient (Wildman–Crippen LogP) is 1.13. The maximum atomic E-state index is 12.3. The molecule has 0 radical (unpaired) electrons. The highest BCUT2D eigenvalue weighted by atomic mass is 16.6. The van der Waals surface area contributed by atoms with Crippen molar-refractivity contribution in [1.82, 2.24) is 14.6 Å². The lowest BCUT2D eigenvalue weighted by Crippen LogP contribution is -2.40. The van der Waals surface area contributed by atoms with Gasteiger partial charge in [-0.05, 0) is 31.9 Å². The molecule has 1 saturated heterocycles. The number of nitriles is 1. The van der Waals surface area contributed by atoms with Gasteiger partial charge in [-0.3, -0.25) is 4.79 Å². The average molecular weight is 371 g/mol. The van der Waals surface area contributed by atoms with Gasteiger partial charge in [-0.1, -0.05) is 6.42 Å². The van der Waals surface area contributed by atoms with Gasteiger partial charge in [-0.2, -0.15) is 10.4 Å². The van der Waals surface area contributed by atoms with E-state index < -0.39 is 23.2 Å². The molecule has 3 heterocycles. The average Bonchev–Trinajstić information content (AvgIpc) is 3.20. The Morgan fingerprint density at radius 2 is 2.33 bits per heavy atom. The summed E-state index contributed by atoms with van der Waals surface area (Å²) in [6.45, 7) is 1.65. The molecule has 2 aromatic rings. The lowest BCUT2D eigenvalue weighted by molar-refractivity contribution is -0.167. The number of rotatable bonds is 4. The van der Waals surface area contributed by atoms with Crippen LogP contribution in [0, 0.1) is 16.7 Å². The normalized spacial score (nSPS) is 29.2. The minimum absolute atomic E-state index is 0.0337. The molecular weight excluding hydrogens is 350 g/mol. The Labute approximate surface area is 155 Å². The molecule has 0 aromatic carbocycles. The van der Waals surface area contributed by atoms with Gasteiger partial charge in [0.25, 0.3) is 0 Å². The highest BCUT2D eigenvalue weighted by Gasteiger charge is 2.50. The quantitative estimate of drug-likeness (QED) is 0.763. The molecule has 1 aliphatic carbocycles. The summed E-state index contributed by atoms with van der Waals surface area (Å²) < 4.78 is 12.8. The standard InChI is InChI=1S/C18H21N5O4/c1-17(5-2-6-17)16(25)26-9-18(8-19)7-13(24)14(27-18)11-3-4-12-15(20)21-10-22-23(11)12/h3-4,10,13-14,24H,2,5-7,9H2,1H3,(H2,20,21,22)/t13-,14+,18-/m1/s1. The van der Waals surface area contributed by atoms with Crippen molar-refractivity contribution in [2.24, 2.45) is 5.41 Å². The molecular formula is C18H21N5O4. The number of hydrogen-bond acceptors (Lipinski definition) is 8. The van der Waals surface area contributed by atoms with Crippen molar-refractivity contribution in [2.75, 3.05) is 12.3 Å². The number of aromatic nitrogens is 3. The number of nitrogens with zero attached hydrogens (tertiary/aromatic N) is 4. The molecule has 142 valence electrons. The Hall–Kier alpha value is -2.70. The Balaban J connectivity index is 1.54. The van der Waals surface area contributed by atoms with E-state index in [1.165, 1.54) is 10.8 Å². The molecule has 27 heavy (non-hydrogen) atoms. The van der Waals surface area contributed by atoms with E-state index in [1.807, 2.05) is 6.92 Å². The second-order valence-electron chi connectivity index (χ2n) is 7.61. The zero-order valence-electron chi connectivity index (χ0n) is 15.0. The molecule has 0 unspecified atom stereocenters. The van der Waals surface area contributed by atoms with Crippen LogP contribution in [0.3, 0.4) is 0 Å². The molecule has 3 atom stereocenters. The van der Waals surface area contributed by atoms with E-state index in [0.29, 0.717) is 17.0 Å². The van der Waals surface area contributed by atoms with Gasteiger partial charge in [0.1, 0.15) is 30.6 Å². The number of ether oxygens (including phenoxy) is 2. The fourth-order valence-corrected chi connectivity index (χ4v) is 3.73. The largest absolute Gasteiger partial charge is 0.461 e. The highest BCUT2D eigenvalue weighted by Crippen LogP contribution is 2.43. The fraction of sp³-hybridized carbons (Fsp3) is 0.556. The molecule has 0 amide bonds. The number of carbonyl (C=O) groups is 1. The van der Waals surface area contributed by atoms with Crippen LogP contribution in [0.15, 0.2) is 18.5 Å². The number of aliphatic hydroxyl groups is 1. The molecule has 2 aliphatic rings. The summed E-state index contributed by atoms with van der Waals surface area (Å²) in [4.78, 5) is 16.2. The van der Waals surface area contributed by atoms with Gasteiger partial charge >= 0.3 is 5.97 Å². The third-order valence-electron chi connectivity index (χ3n) is 5.63. The van der Waals surface area contributed by atoms with Gasteiger partial charge in [0.05, 0.1) is 17.2 Å². The van der Waals surface area contributed by atoms with Crippen LogP contribution in [0.4, 0.5) is 5.82 Å². The summed E-state index contributed by atoms with van der Waals surface area (Å²) in [6, 6.07) is 5.53. The van der Waals surface area contributed by atoms with Crippen molar-refractivity contribution in [1.29, 1.82) is 5.26 Å². The Morgan fingerprint density at radius 1 is 1.56 bits per heavy atom. The van der Waals surface area contributed by atoms with E-state index in [9.17, 15) is 15.2 Å². The number of fused-ring (bicyclic) bond motifs is 1. The summed E-state index contributed by atoms with van der Waals surface area (Å²) in [5, 5.41) is 24.3. The van der Waals surface area contributed by atoms with Crippen LogP contribution in [-0.4, -0.2) is 44.0 Å². The van der Waals surface area contributed by atoms with E-state index in [4.69, 9.17) is 15.2 Å². The lowest BCUT2D eigenvalue weighted by atomic mass is 9.70. The number of nitrogens with two attached hydrogens (primary N) is 1. The van der Waals surface area contributed by atoms with Gasteiger partial charge < -0.3 is 20.3 Å². The molecule has 9 nitrogen and oxygen atoms in total. The third kappa shape index (κ3) is 2.81. The van der Waals surface area contributed by atoms with Crippen LogP contribution >= 0.6 is 0 Å². The fourth-order valence-electron chi connectivity index (χ4n) is 3.73. The number of aliphatic hydroxyl groups excluding tert-OH is 1. The molecule has 0 spiro atoms. The lowest BCUT2D eigenvalue weighted by Gasteiger charge is -2.36. The first-order valence-corrected chi connectivity index (χ1v) is 8.90. The van der Waals surface area contributed by atoms with Crippen LogP contribution in [0.2, 0.25) is 0 Å². The number of anilines is 1. The monoisotopic (exact) mass is 371 g/mol. The van der Waals surface area contributed by atoms with Crippen molar-refractivity contribution in [3.8, 4) is 6.07 Å². The second kappa shape index (κ2) is 6.18. The van der Waals surface area contributed by atoms with Crippen molar-refractivity contribution in [3.05, 3.63) is 24.2 Å². The molecule has 4 rings (SSSR count). The van der Waals surface area contributed by atoms with Gasteiger partial charge in [0, 0.05) is 6.42 Å². The van der Waals surface area contributed by atoms with E-state index in [0.717, 1.165) is 19.3 Å². The summed E-state index contributed by atoms with van der Waals surface area (Å²) >= 11 is 0. The van der Waals surface area contributed by atoms with E-state index in [2.05, 4.69) is 16.2 Å². The first kappa shape index (κ1) is 17.7. The van der Waals surface area contributed by atoms with Crippen molar-refractivity contribution in [2.45, 2.75) is 50.4 Å². The van der Waals surface area contributed by atoms with Crippen molar-refractivity contribution in [3.63, 3.8) is 0 Å². The first-order valence-electron chi connectivity index (χ1n) is 8.90. The Morgan fingerprint density at radius 3 is 3.00 bits per heavy atom. The maximum absolute atomic E-state index is 12.3. The molecule has 0 bridgehead atoms. The summed E-state index contributed by atoms with van der Waals surface area (Å²) in [7, 11) is 0. The molecule has 2 fully saturated rings. The second-order valence-corrected chi connectivity index (χ2v) is 7.61. The maximum Gasteiger partial charge on any atom is 0.311 e. The molecule has 1 saturated carbocycles. The van der Waals surface area contributed by atoms with Crippen LogP contribution in [0.5, 0.6) is 0 Å². The number of carbonyl (C=O) groups excluding carboxylic acids is 1. The van der Waals surface area contributed by atoms with E-state index in [-0.39, 0.29) is 19.0 Å². The summed E-state index contributed by atoms with van der Waals surface area (Å²) in [5.41, 5.74) is 5.11. The van der Waals surface area contributed by atoms with Gasteiger partial charge in [0.2, 0.25) is 0 Å². The van der Waals surface area contributed by atoms with Crippen molar-refractivity contribution >= 4 is 17.3 Å². The van der Waals surface area contributed by atoms with Gasteiger partial charge in [0.15, 0.2) is 11.4 Å². The first-order chi connectivity index (χ1) is 12.9. The molecule has 3 N–H and O–H groups in total. The SMILES string of the molecule is CC1(C(=O)OC[C@]2(C#N)C[C@@H](O)[C@H](c3ccc4c(N)ncnn34)O2)CCC1. The van der Waals surface area contributed by atoms with Crippen LogP contribution < -0.4 is 5.73 Å². The minimum atomic E-state index is -1.40. The van der Waals surface area contributed by atoms with E-state index >= 15 is 0 Å². The van der Waals surface area contributed by atoms with Gasteiger partial charge in [-0.25, -0.2) is 9.50 Å². The number of esters is 1. The topological polar surface area (TPSA) is 136 Å². The number of nitrogen functional groups attached to an aromatic ring is 1. The van der Waals surface area contributed by atoms with Crippen LogP contribution in [0.25, 0.3) is 5.52 Å². The minimum Gasteiger partial charge on any atom is -0.461 e. The number of hydrogen-bond donors (Lipinski definition) is 2. The molecule has 2 aromatic heterocycles. The predicted molar refractivity (Wildman–Crippen MR) is 93.1 cm³/mol. The third-order valence-corrected chi connectivity index (χ3v) is 5.63. The molecule has 1 aliphatic heterocycles. The Kier molecular flexibility index (Phi) is 4.05. The van der Waals surface area contributed by atoms with Crippen LogP contribution in [-0.2, 0) is 14.3 Å². The van der Waals surface area contributed by atoms with Gasteiger partial charge in [-0.15, -0.1) is 0 Å². The Bertz CT molecular complexity index is 931.